The lowest BCUT2D eigenvalue weighted by Crippen LogP contribution is -2.35. The highest BCUT2D eigenvalue weighted by Gasteiger charge is 2.21. The zero-order valence-corrected chi connectivity index (χ0v) is 17.6. The molecular weight excluding hydrogens is 388 g/mol. The second-order valence-electron chi connectivity index (χ2n) is 7.32. The predicted molar refractivity (Wildman–Crippen MR) is 113 cm³/mol. The standard InChI is InChI=1S/C22H26N2O4S/c1-3-15-6-4-5-7-17(15)24-20(25)12-23-21(26)13-28-22(27)19-11-16-10-14(2)8-9-18(16)29-19/h4-7,11,14H,3,8-10,12-13H2,1-2H3,(H,23,26)(H,24,25)/t14-/m1/s1. The first-order valence-electron chi connectivity index (χ1n) is 9.89. The summed E-state index contributed by atoms with van der Waals surface area (Å²) in [4.78, 5) is 38.0. The normalized spacial score (nSPS) is 15.3. The lowest BCUT2D eigenvalue weighted by molar-refractivity contribution is -0.126. The van der Waals surface area contributed by atoms with Crippen molar-refractivity contribution >= 4 is 34.8 Å². The molecule has 2 aromatic rings. The van der Waals surface area contributed by atoms with Crippen LogP contribution in [0, 0.1) is 5.92 Å². The van der Waals surface area contributed by atoms with Crippen molar-refractivity contribution in [3.8, 4) is 0 Å². The quantitative estimate of drug-likeness (QED) is 0.681. The van der Waals surface area contributed by atoms with Crippen LogP contribution in [0.3, 0.4) is 0 Å². The average Bonchev–Trinajstić information content (AvgIpc) is 3.14. The first kappa shape index (κ1) is 21.0. The van der Waals surface area contributed by atoms with Crippen LogP contribution in [-0.4, -0.2) is 30.9 Å². The van der Waals surface area contributed by atoms with Crippen molar-refractivity contribution in [3.63, 3.8) is 0 Å². The highest BCUT2D eigenvalue weighted by atomic mass is 32.1. The number of nitrogens with one attached hydrogen (secondary N) is 2. The Morgan fingerprint density at radius 2 is 2.00 bits per heavy atom. The minimum Gasteiger partial charge on any atom is -0.451 e. The molecular formula is C22H26N2O4S. The lowest BCUT2D eigenvalue weighted by Gasteiger charge is -2.16. The van der Waals surface area contributed by atoms with Crippen molar-refractivity contribution in [2.75, 3.05) is 18.5 Å². The predicted octanol–water partition coefficient (Wildman–Crippen LogP) is 3.35. The van der Waals surface area contributed by atoms with E-state index in [0.29, 0.717) is 10.8 Å². The summed E-state index contributed by atoms with van der Waals surface area (Å²) in [5.41, 5.74) is 2.97. The zero-order valence-electron chi connectivity index (χ0n) is 16.7. The number of ether oxygens (including phenoxy) is 1. The summed E-state index contributed by atoms with van der Waals surface area (Å²) in [6, 6.07) is 9.40. The van der Waals surface area contributed by atoms with Gasteiger partial charge in [0.15, 0.2) is 6.61 Å². The van der Waals surface area contributed by atoms with Gasteiger partial charge in [-0.25, -0.2) is 4.79 Å². The summed E-state index contributed by atoms with van der Waals surface area (Å²) in [5, 5.41) is 5.26. The maximum atomic E-state index is 12.2. The Labute approximate surface area is 174 Å². The number of hydrogen-bond acceptors (Lipinski definition) is 5. The van der Waals surface area contributed by atoms with Crippen LogP contribution in [-0.2, 0) is 33.6 Å². The average molecular weight is 415 g/mol. The van der Waals surface area contributed by atoms with Gasteiger partial charge in [0.2, 0.25) is 5.91 Å². The highest BCUT2D eigenvalue weighted by Crippen LogP contribution is 2.32. The molecule has 2 N–H and O–H groups in total. The maximum Gasteiger partial charge on any atom is 0.348 e. The van der Waals surface area contributed by atoms with Crippen LogP contribution in [0.25, 0.3) is 0 Å². The molecule has 1 aliphatic rings. The minimum atomic E-state index is -0.507. The van der Waals surface area contributed by atoms with Crippen LogP contribution in [0.2, 0.25) is 0 Å². The molecule has 1 heterocycles. The van der Waals surface area contributed by atoms with Crippen molar-refractivity contribution in [2.24, 2.45) is 5.92 Å². The number of anilines is 1. The Bertz CT molecular complexity index is 906. The van der Waals surface area contributed by atoms with E-state index in [4.69, 9.17) is 4.74 Å². The number of amides is 2. The monoisotopic (exact) mass is 414 g/mol. The van der Waals surface area contributed by atoms with E-state index in [0.717, 1.165) is 36.9 Å². The Balaban J connectivity index is 1.43. The third kappa shape index (κ3) is 5.67. The van der Waals surface area contributed by atoms with Crippen LogP contribution in [0.4, 0.5) is 5.69 Å². The van der Waals surface area contributed by atoms with E-state index < -0.39 is 18.5 Å². The van der Waals surface area contributed by atoms with E-state index in [9.17, 15) is 14.4 Å². The topological polar surface area (TPSA) is 84.5 Å². The molecule has 0 aliphatic heterocycles. The van der Waals surface area contributed by atoms with E-state index in [1.165, 1.54) is 21.8 Å². The van der Waals surface area contributed by atoms with Gasteiger partial charge in [0, 0.05) is 10.6 Å². The molecule has 0 spiro atoms. The molecule has 29 heavy (non-hydrogen) atoms. The van der Waals surface area contributed by atoms with Gasteiger partial charge in [0.05, 0.1) is 6.54 Å². The number of benzene rings is 1. The van der Waals surface area contributed by atoms with E-state index in [1.54, 1.807) is 0 Å². The number of hydrogen-bond donors (Lipinski definition) is 2. The third-order valence-electron chi connectivity index (χ3n) is 4.98. The molecule has 0 bridgehead atoms. The smallest absolute Gasteiger partial charge is 0.348 e. The molecule has 154 valence electrons. The summed E-state index contributed by atoms with van der Waals surface area (Å²) >= 11 is 1.45. The molecule has 0 fully saturated rings. The van der Waals surface area contributed by atoms with Gasteiger partial charge in [0.1, 0.15) is 4.88 Å². The van der Waals surface area contributed by atoms with Crippen molar-refractivity contribution in [1.82, 2.24) is 5.32 Å². The van der Waals surface area contributed by atoms with Crippen molar-refractivity contribution in [1.29, 1.82) is 0 Å². The summed E-state index contributed by atoms with van der Waals surface area (Å²) in [6.45, 7) is 3.63. The molecule has 7 heteroatoms. The van der Waals surface area contributed by atoms with E-state index >= 15 is 0 Å². The van der Waals surface area contributed by atoms with E-state index in [1.807, 2.05) is 37.3 Å². The Morgan fingerprint density at radius 1 is 1.21 bits per heavy atom. The van der Waals surface area contributed by atoms with E-state index in [-0.39, 0.29) is 12.5 Å². The van der Waals surface area contributed by atoms with Gasteiger partial charge in [-0.3, -0.25) is 9.59 Å². The van der Waals surface area contributed by atoms with Gasteiger partial charge in [-0.15, -0.1) is 11.3 Å². The molecule has 1 atom stereocenters. The number of fused-ring (bicyclic) bond motifs is 1. The number of thiophene rings is 1. The van der Waals surface area contributed by atoms with Gasteiger partial charge in [-0.2, -0.15) is 0 Å². The largest absolute Gasteiger partial charge is 0.451 e. The molecule has 1 aliphatic carbocycles. The summed E-state index contributed by atoms with van der Waals surface area (Å²) in [7, 11) is 0. The molecule has 1 aromatic carbocycles. The van der Waals surface area contributed by atoms with Gasteiger partial charge < -0.3 is 15.4 Å². The molecule has 1 aromatic heterocycles. The zero-order chi connectivity index (χ0) is 20.8. The number of carbonyl (C=O) groups excluding carboxylic acids is 3. The van der Waals surface area contributed by atoms with Crippen LogP contribution >= 0.6 is 11.3 Å². The van der Waals surface area contributed by atoms with Crippen LogP contribution in [0.1, 0.15) is 45.9 Å². The molecule has 3 rings (SSSR count). The number of para-hydroxylation sites is 1. The highest BCUT2D eigenvalue weighted by molar-refractivity contribution is 7.14. The number of esters is 1. The number of carbonyl (C=O) groups is 3. The SMILES string of the molecule is CCc1ccccc1NC(=O)CNC(=O)COC(=O)c1cc2c(s1)CC[C@@H](C)C2. The number of rotatable bonds is 7. The summed E-state index contributed by atoms with van der Waals surface area (Å²) in [5.74, 6) is -0.700. The fraction of sp³-hybridized carbons (Fsp3) is 0.409. The Hall–Kier alpha value is -2.67. The van der Waals surface area contributed by atoms with Crippen molar-refractivity contribution < 1.29 is 19.1 Å². The van der Waals surface area contributed by atoms with Crippen molar-refractivity contribution in [2.45, 2.75) is 39.5 Å². The van der Waals surface area contributed by atoms with E-state index in [2.05, 4.69) is 17.6 Å². The first-order valence-corrected chi connectivity index (χ1v) is 10.7. The van der Waals surface area contributed by atoms with Gasteiger partial charge in [0.25, 0.3) is 5.91 Å². The Morgan fingerprint density at radius 3 is 2.79 bits per heavy atom. The molecule has 2 amide bonds. The number of aryl methyl sites for hydroxylation is 2. The second kappa shape index (κ2) is 9.69. The van der Waals surface area contributed by atoms with Gasteiger partial charge in [-0.1, -0.05) is 32.0 Å². The minimum absolute atomic E-state index is 0.181. The second-order valence-corrected chi connectivity index (χ2v) is 8.46. The molecule has 0 radical (unpaired) electrons. The molecule has 0 saturated heterocycles. The van der Waals surface area contributed by atoms with Crippen molar-refractivity contribution in [3.05, 3.63) is 51.2 Å². The fourth-order valence-corrected chi connectivity index (χ4v) is 4.49. The third-order valence-corrected chi connectivity index (χ3v) is 6.20. The Kier molecular flexibility index (Phi) is 7.04. The van der Waals surface area contributed by atoms with Gasteiger partial charge >= 0.3 is 5.97 Å². The lowest BCUT2D eigenvalue weighted by atomic mass is 9.90. The van der Waals surface area contributed by atoms with Gasteiger partial charge in [-0.05, 0) is 54.9 Å². The van der Waals surface area contributed by atoms with Crippen LogP contribution < -0.4 is 10.6 Å². The molecule has 6 nitrogen and oxygen atoms in total. The van der Waals surface area contributed by atoms with Crippen LogP contribution in [0.5, 0.6) is 0 Å². The summed E-state index contributed by atoms with van der Waals surface area (Å²) < 4.78 is 5.11. The summed E-state index contributed by atoms with van der Waals surface area (Å²) in [6.07, 6.45) is 3.90. The molecule has 0 saturated carbocycles. The maximum absolute atomic E-state index is 12.2. The van der Waals surface area contributed by atoms with Crippen LogP contribution in [0.15, 0.2) is 30.3 Å². The fourth-order valence-electron chi connectivity index (χ4n) is 3.38. The first-order chi connectivity index (χ1) is 14.0. The molecule has 0 unspecified atom stereocenters.